The number of para-hydroxylation sites is 1. The lowest BCUT2D eigenvalue weighted by atomic mass is 9.79. The van der Waals surface area contributed by atoms with Gasteiger partial charge in [-0.15, -0.1) is 0 Å². The van der Waals surface area contributed by atoms with E-state index in [-0.39, 0.29) is 5.41 Å². The maximum absolute atomic E-state index is 5.27. The summed E-state index contributed by atoms with van der Waals surface area (Å²) in [4.78, 5) is 15.4. The first-order chi connectivity index (χ1) is 23.1. The van der Waals surface area contributed by atoms with Crippen LogP contribution < -0.4 is 0 Å². The Morgan fingerprint density at radius 1 is 0.447 bits per heavy atom. The molecule has 6 aromatic carbocycles. The van der Waals surface area contributed by atoms with Gasteiger partial charge >= 0.3 is 0 Å². The molecule has 2 heterocycles. The van der Waals surface area contributed by atoms with Crippen LogP contribution in [0.2, 0.25) is 0 Å². The minimum absolute atomic E-state index is 0.131. The number of hydrogen-bond acceptors (Lipinski definition) is 3. The number of aromatic nitrogens is 3. The summed E-state index contributed by atoms with van der Waals surface area (Å²) < 4.78 is 0. The lowest BCUT2D eigenvalue weighted by Crippen LogP contribution is -2.15. The van der Waals surface area contributed by atoms with Crippen LogP contribution in [-0.2, 0) is 5.41 Å². The summed E-state index contributed by atoms with van der Waals surface area (Å²) >= 11 is 0. The summed E-state index contributed by atoms with van der Waals surface area (Å²) in [7, 11) is 0. The molecule has 0 N–H and O–H groups in total. The Hall–Kier alpha value is -5.93. The van der Waals surface area contributed by atoms with Crippen molar-refractivity contribution in [2.45, 2.75) is 19.3 Å². The molecule has 0 spiro atoms. The van der Waals surface area contributed by atoms with E-state index in [1.54, 1.807) is 0 Å². The number of hydrogen-bond donors (Lipinski definition) is 0. The summed E-state index contributed by atoms with van der Waals surface area (Å²) in [6.07, 6.45) is 0. The molecule has 0 fully saturated rings. The quantitative estimate of drug-likeness (QED) is 0.188. The van der Waals surface area contributed by atoms with E-state index in [4.69, 9.17) is 15.0 Å². The summed E-state index contributed by atoms with van der Waals surface area (Å²) in [5, 5.41) is 3.66. The van der Waals surface area contributed by atoms with Gasteiger partial charge in [0.2, 0.25) is 0 Å². The standard InChI is InChI=1S/C44H31N3/c1-44(2)36-19-11-9-17-32(36)33-25-26-35-40(41(33)44)34-18-10-12-20-37(34)45-42(35)30-21-23-31(24-22-30)43-46-38(28-13-5-3-6-14-28)27-39(47-43)29-15-7-4-8-16-29/h3-27H,1-2H3. The highest BCUT2D eigenvalue weighted by Gasteiger charge is 2.37. The molecule has 0 radical (unpaired) electrons. The van der Waals surface area contributed by atoms with Gasteiger partial charge in [-0.2, -0.15) is 0 Å². The number of benzene rings is 6. The highest BCUT2D eigenvalue weighted by Crippen LogP contribution is 2.53. The van der Waals surface area contributed by atoms with Gasteiger partial charge in [-0.05, 0) is 39.8 Å². The van der Waals surface area contributed by atoms with Crippen molar-refractivity contribution in [3.8, 4) is 56.3 Å². The maximum atomic E-state index is 5.27. The normalized spacial score (nSPS) is 13.1. The summed E-state index contributed by atoms with van der Waals surface area (Å²) in [5.74, 6) is 0.699. The zero-order valence-electron chi connectivity index (χ0n) is 26.3. The number of rotatable bonds is 4. The van der Waals surface area contributed by atoms with Crippen LogP contribution in [0, 0.1) is 0 Å². The van der Waals surface area contributed by atoms with Crippen molar-refractivity contribution >= 4 is 21.7 Å². The van der Waals surface area contributed by atoms with E-state index in [2.05, 4.69) is 129 Å². The van der Waals surface area contributed by atoms with Gasteiger partial charge in [0.15, 0.2) is 5.82 Å². The second-order valence-electron chi connectivity index (χ2n) is 12.8. The predicted molar refractivity (Wildman–Crippen MR) is 194 cm³/mol. The highest BCUT2D eigenvalue weighted by atomic mass is 14.9. The van der Waals surface area contributed by atoms with Gasteiger partial charge in [-0.1, -0.05) is 153 Å². The van der Waals surface area contributed by atoms with E-state index in [0.717, 1.165) is 44.9 Å². The number of fused-ring (bicyclic) bond motifs is 7. The van der Waals surface area contributed by atoms with Crippen molar-refractivity contribution in [2.24, 2.45) is 0 Å². The second kappa shape index (κ2) is 10.6. The average molecular weight is 602 g/mol. The summed E-state index contributed by atoms with van der Waals surface area (Å²) in [6.45, 7) is 4.71. The van der Waals surface area contributed by atoms with E-state index >= 15 is 0 Å². The van der Waals surface area contributed by atoms with Gasteiger partial charge in [-0.3, -0.25) is 0 Å². The molecular weight excluding hydrogens is 571 g/mol. The summed E-state index contributed by atoms with van der Waals surface area (Å²) in [6, 6.07) is 53.3. The van der Waals surface area contributed by atoms with Crippen LogP contribution in [0.3, 0.4) is 0 Å². The summed E-state index contributed by atoms with van der Waals surface area (Å²) in [5.41, 5.74) is 13.2. The molecule has 0 atom stereocenters. The van der Waals surface area contributed by atoms with Gasteiger partial charge in [-0.25, -0.2) is 15.0 Å². The molecule has 47 heavy (non-hydrogen) atoms. The molecule has 0 aliphatic heterocycles. The molecule has 8 aromatic rings. The molecule has 0 saturated heterocycles. The molecule has 3 nitrogen and oxygen atoms in total. The minimum Gasteiger partial charge on any atom is -0.247 e. The van der Waals surface area contributed by atoms with E-state index in [9.17, 15) is 0 Å². The van der Waals surface area contributed by atoms with Gasteiger partial charge < -0.3 is 0 Å². The Kier molecular flexibility index (Phi) is 6.16. The van der Waals surface area contributed by atoms with Crippen LogP contribution >= 0.6 is 0 Å². The van der Waals surface area contributed by atoms with E-state index < -0.39 is 0 Å². The van der Waals surface area contributed by atoms with Crippen molar-refractivity contribution < 1.29 is 0 Å². The maximum Gasteiger partial charge on any atom is 0.160 e. The number of pyridine rings is 1. The third-order valence-corrected chi connectivity index (χ3v) is 9.66. The highest BCUT2D eigenvalue weighted by molar-refractivity contribution is 6.15. The van der Waals surface area contributed by atoms with Crippen molar-refractivity contribution in [1.29, 1.82) is 0 Å². The average Bonchev–Trinajstić information content (AvgIpc) is 3.38. The molecular formula is C44H31N3. The Morgan fingerprint density at radius 3 is 1.74 bits per heavy atom. The Morgan fingerprint density at radius 2 is 1.04 bits per heavy atom. The van der Waals surface area contributed by atoms with E-state index in [0.29, 0.717) is 5.82 Å². The first kappa shape index (κ1) is 27.4. The molecule has 1 aliphatic rings. The van der Waals surface area contributed by atoms with Gasteiger partial charge in [0.05, 0.1) is 22.6 Å². The Balaban J connectivity index is 1.21. The van der Waals surface area contributed by atoms with Crippen molar-refractivity contribution in [3.05, 3.63) is 163 Å². The van der Waals surface area contributed by atoms with Crippen LogP contribution in [-0.4, -0.2) is 15.0 Å². The van der Waals surface area contributed by atoms with Crippen LogP contribution in [0.5, 0.6) is 0 Å². The fraction of sp³-hybridized carbons (Fsp3) is 0.0682. The fourth-order valence-electron chi connectivity index (χ4n) is 7.40. The topological polar surface area (TPSA) is 38.7 Å². The molecule has 9 rings (SSSR count). The molecule has 0 amide bonds. The first-order valence-corrected chi connectivity index (χ1v) is 16.1. The van der Waals surface area contributed by atoms with Gasteiger partial charge in [0, 0.05) is 38.4 Å². The fourth-order valence-corrected chi connectivity index (χ4v) is 7.40. The van der Waals surface area contributed by atoms with E-state index in [1.807, 2.05) is 36.4 Å². The third-order valence-electron chi connectivity index (χ3n) is 9.66. The Labute approximate surface area is 274 Å². The van der Waals surface area contributed by atoms with E-state index in [1.165, 1.54) is 38.4 Å². The molecule has 1 aliphatic carbocycles. The van der Waals surface area contributed by atoms with Gasteiger partial charge in [0.1, 0.15) is 0 Å². The largest absolute Gasteiger partial charge is 0.247 e. The third kappa shape index (κ3) is 4.39. The van der Waals surface area contributed by atoms with Crippen molar-refractivity contribution in [3.63, 3.8) is 0 Å². The second-order valence-corrected chi connectivity index (χ2v) is 12.8. The van der Waals surface area contributed by atoms with Crippen molar-refractivity contribution in [2.75, 3.05) is 0 Å². The molecule has 0 unspecified atom stereocenters. The molecule has 3 heteroatoms. The molecule has 0 saturated carbocycles. The van der Waals surface area contributed by atoms with Crippen molar-refractivity contribution in [1.82, 2.24) is 15.0 Å². The monoisotopic (exact) mass is 601 g/mol. The van der Waals surface area contributed by atoms with Crippen LogP contribution in [0.4, 0.5) is 0 Å². The molecule has 2 aromatic heterocycles. The van der Waals surface area contributed by atoms with Crippen LogP contribution in [0.1, 0.15) is 25.0 Å². The molecule has 222 valence electrons. The van der Waals surface area contributed by atoms with Crippen LogP contribution in [0.15, 0.2) is 152 Å². The zero-order valence-corrected chi connectivity index (χ0v) is 26.3. The Bertz CT molecular complexity index is 2410. The first-order valence-electron chi connectivity index (χ1n) is 16.1. The smallest absolute Gasteiger partial charge is 0.160 e. The lowest BCUT2D eigenvalue weighted by molar-refractivity contribution is 0.666. The molecule has 0 bridgehead atoms. The van der Waals surface area contributed by atoms with Crippen LogP contribution in [0.25, 0.3) is 78.0 Å². The minimum atomic E-state index is -0.131. The lowest BCUT2D eigenvalue weighted by Gasteiger charge is -2.24. The zero-order chi connectivity index (χ0) is 31.5. The predicted octanol–water partition coefficient (Wildman–Crippen LogP) is 11.2. The number of nitrogens with zero attached hydrogens (tertiary/aromatic N) is 3. The SMILES string of the molecule is CC1(C)c2ccccc2-c2ccc3c(-c4ccc(-c5nc(-c6ccccc6)cc(-c6ccccc6)n5)cc4)nc4ccccc4c3c21. The van der Waals surface area contributed by atoms with Gasteiger partial charge in [0.25, 0.3) is 0 Å².